The van der Waals surface area contributed by atoms with E-state index in [0.29, 0.717) is 6.61 Å². The molecule has 0 aliphatic rings. The van der Waals surface area contributed by atoms with Crippen LogP contribution in [-0.4, -0.2) is 22.3 Å². The quantitative estimate of drug-likeness (QED) is 0.424. The summed E-state index contributed by atoms with van der Waals surface area (Å²) in [4.78, 5) is 0. The lowest BCUT2D eigenvalue weighted by atomic mass is 10.2. The fourth-order valence-corrected chi connectivity index (χ4v) is 2.51. The summed E-state index contributed by atoms with van der Waals surface area (Å²) in [6.07, 6.45) is 8.18. The van der Waals surface area contributed by atoms with Crippen molar-refractivity contribution in [2.24, 2.45) is 7.05 Å². The molecule has 0 radical (unpaired) electrons. The van der Waals surface area contributed by atoms with Crippen molar-refractivity contribution in [1.29, 1.82) is 0 Å². The molecule has 5 nitrogen and oxygen atoms in total. The third-order valence-electron chi connectivity index (χ3n) is 3.64. The number of anilines is 1. The number of aryl methyl sites for hydroxylation is 1. The normalized spacial score (nSPS) is 11.3. The number of hydrogen-bond acceptors (Lipinski definition) is 2. The van der Waals surface area contributed by atoms with Crippen molar-refractivity contribution in [2.45, 2.75) is 13.1 Å². The first kappa shape index (κ1) is 13.7. The molecule has 0 saturated carbocycles. The van der Waals surface area contributed by atoms with Crippen molar-refractivity contribution < 1.29 is 9.30 Å². The van der Waals surface area contributed by atoms with Crippen LogP contribution >= 0.6 is 0 Å². The molecule has 0 saturated heterocycles. The minimum Gasteiger partial charge on any atom is -0.398 e. The van der Waals surface area contributed by atoms with Gasteiger partial charge in [-0.25, -0.2) is 9.13 Å². The fourth-order valence-electron chi connectivity index (χ4n) is 2.51. The SMILES string of the molecule is C[n+]1ccn(CCOCCn2ccc3c(N)cccc32)c1. The standard InChI is InChI=1S/C16H21N4O/c1-18-7-8-19(13-18)9-11-21-12-10-20-6-5-14-15(17)3-2-4-16(14)20/h2-8,13H,9-12,17H2,1H3/q+1. The highest BCUT2D eigenvalue weighted by Gasteiger charge is 2.03. The third kappa shape index (κ3) is 3.08. The highest BCUT2D eigenvalue weighted by Crippen LogP contribution is 2.21. The molecule has 3 rings (SSSR count). The molecule has 0 atom stereocenters. The van der Waals surface area contributed by atoms with Gasteiger partial charge >= 0.3 is 0 Å². The summed E-state index contributed by atoms with van der Waals surface area (Å²) >= 11 is 0. The van der Waals surface area contributed by atoms with E-state index in [0.717, 1.165) is 36.3 Å². The summed E-state index contributed by atoms with van der Waals surface area (Å²) in [5.41, 5.74) is 7.95. The number of nitrogens with two attached hydrogens (primary N) is 1. The molecule has 0 fully saturated rings. The Labute approximate surface area is 124 Å². The molecule has 0 aliphatic carbocycles. The number of imidazole rings is 1. The summed E-state index contributed by atoms with van der Waals surface area (Å²) in [5.74, 6) is 0. The van der Waals surface area contributed by atoms with E-state index < -0.39 is 0 Å². The number of fused-ring (bicyclic) bond motifs is 1. The van der Waals surface area contributed by atoms with Gasteiger partial charge in [0.25, 0.3) is 0 Å². The van der Waals surface area contributed by atoms with E-state index >= 15 is 0 Å². The Morgan fingerprint density at radius 2 is 2.00 bits per heavy atom. The van der Waals surface area contributed by atoms with Crippen LogP contribution in [0.2, 0.25) is 0 Å². The molecule has 2 N–H and O–H groups in total. The van der Waals surface area contributed by atoms with Crippen LogP contribution in [0, 0.1) is 0 Å². The van der Waals surface area contributed by atoms with Crippen molar-refractivity contribution in [3.05, 3.63) is 49.2 Å². The minimum atomic E-state index is 0.700. The van der Waals surface area contributed by atoms with Crippen LogP contribution in [0.1, 0.15) is 0 Å². The van der Waals surface area contributed by atoms with Gasteiger partial charge in [0.1, 0.15) is 18.9 Å². The van der Waals surface area contributed by atoms with Crippen LogP contribution in [0.15, 0.2) is 49.2 Å². The average Bonchev–Trinajstić information content (AvgIpc) is 3.06. The van der Waals surface area contributed by atoms with E-state index in [4.69, 9.17) is 10.5 Å². The number of nitrogen functional groups attached to an aromatic ring is 1. The van der Waals surface area contributed by atoms with Crippen LogP contribution in [0.5, 0.6) is 0 Å². The van der Waals surface area contributed by atoms with Gasteiger partial charge in [-0.2, -0.15) is 0 Å². The summed E-state index contributed by atoms with van der Waals surface area (Å²) in [5, 5.41) is 1.11. The molecule has 2 heterocycles. The molecule has 0 unspecified atom stereocenters. The van der Waals surface area contributed by atoms with E-state index in [-0.39, 0.29) is 0 Å². The second-order valence-corrected chi connectivity index (χ2v) is 5.22. The zero-order valence-corrected chi connectivity index (χ0v) is 12.3. The van der Waals surface area contributed by atoms with Crippen LogP contribution in [0.25, 0.3) is 10.9 Å². The smallest absolute Gasteiger partial charge is 0.243 e. The molecule has 2 aromatic heterocycles. The number of hydrogen-bond donors (Lipinski definition) is 1. The molecular weight excluding hydrogens is 264 g/mol. The lowest BCUT2D eigenvalue weighted by Crippen LogP contribution is -2.24. The van der Waals surface area contributed by atoms with E-state index in [1.807, 2.05) is 42.5 Å². The van der Waals surface area contributed by atoms with E-state index in [9.17, 15) is 0 Å². The lowest BCUT2D eigenvalue weighted by molar-refractivity contribution is -0.671. The van der Waals surface area contributed by atoms with Crippen molar-refractivity contribution >= 4 is 16.6 Å². The maximum atomic E-state index is 5.96. The summed E-state index contributed by atoms with van der Waals surface area (Å²) in [6.45, 7) is 3.13. The maximum Gasteiger partial charge on any atom is 0.243 e. The summed E-state index contributed by atoms with van der Waals surface area (Å²) in [6, 6.07) is 8.07. The molecular formula is C16H21N4O+. The predicted molar refractivity (Wildman–Crippen MR) is 82.8 cm³/mol. The number of rotatable bonds is 6. The topological polar surface area (TPSA) is 49.0 Å². The fraction of sp³-hybridized carbons (Fsp3) is 0.312. The van der Waals surface area contributed by atoms with Gasteiger partial charge in [-0.15, -0.1) is 0 Å². The van der Waals surface area contributed by atoms with Gasteiger partial charge in [-0.3, -0.25) is 0 Å². The second kappa shape index (κ2) is 6.01. The summed E-state index contributed by atoms with van der Waals surface area (Å²) in [7, 11) is 2.01. The Hall–Kier alpha value is -2.27. The molecule has 5 heteroatoms. The van der Waals surface area contributed by atoms with Crippen molar-refractivity contribution in [1.82, 2.24) is 9.13 Å². The molecule has 0 amide bonds. The number of nitrogens with zero attached hydrogens (tertiary/aromatic N) is 3. The van der Waals surface area contributed by atoms with Crippen molar-refractivity contribution in [3.63, 3.8) is 0 Å². The molecule has 0 aliphatic heterocycles. The second-order valence-electron chi connectivity index (χ2n) is 5.22. The largest absolute Gasteiger partial charge is 0.398 e. The average molecular weight is 285 g/mol. The zero-order valence-electron chi connectivity index (χ0n) is 12.3. The van der Waals surface area contributed by atoms with Gasteiger partial charge in [-0.1, -0.05) is 6.07 Å². The van der Waals surface area contributed by atoms with Crippen LogP contribution in [0.4, 0.5) is 5.69 Å². The van der Waals surface area contributed by atoms with Crippen LogP contribution in [-0.2, 0) is 24.9 Å². The third-order valence-corrected chi connectivity index (χ3v) is 3.64. The Morgan fingerprint density at radius 1 is 1.14 bits per heavy atom. The molecule has 0 bridgehead atoms. The number of ether oxygens (including phenoxy) is 1. The monoisotopic (exact) mass is 285 g/mol. The minimum absolute atomic E-state index is 0.700. The van der Waals surface area contributed by atoms with Gasteiger partial charge in [0.15, 0.2) is 0 Å². The van der Waals surface area contributed by atoms with Crippen LogP contribution < -0.4 is 10.3 Å². The van der Waals surface area contributed by atoms with Gasteiger partial charge in [-0.05, 0) is 18.2 Å². The molecule has 110 valence electrons. The Kier molecular flexibility index (Phi) is 3.92. The van der Waals surface area contributed by atoms with E-state index in [2.05, 4.69) is 27.5 Å². The predicted octanol–water partition coefficient (Wildman–Crippen LogP) is 1.57. The van der Waals surface area contributed by atoms with Crippen LogP contribution in [0.3, 0.4) is 0 Å². The number of benzene rings is 1. The molecule has 1 aromatic carbocycles. The van der Waals surface area contributed by atoms with Gasteiger partial charge in [0.2, 0.25) is 6.33 Å². The zero-order chi connectivity index (χ0) is 14.7. The van der Waals surface area contributed by atoms with Crippen molar-refractivity contribution in [2.75, 3.05) is 18.9 Å². The number of aromatic nitrogens is 3. The molecule has 21 heavy (non-hydrogen) atoms. The van der Waals surface area contributed by atoms with E-state index in [1.54, 1.807) is 0 Å². The Bertz CT molecular complexity index is 729. The maximum absolute atomic E-state index is 5.96. The lowest BCUT2D eigenvalue weighted by Gasteiger charge is -2.06. The first-order valence-electron chi connectivity index (χ1n) is 7.16. The highest BCUT2D eigenvalue weighted by molar-refractivity contribution is 5.91. The van der Waals surface area contributed by atoms with E-state index in [1.165, 1.54) is 0 Å². The molecule has 0 spiro atoms. The first-order valence-corrected chi connectivity index (χ1v) is 7.16. The Balaban J connectivity index is 1.49. The van der Waals surface area contributed by atoms with Gasteiger partial charge < -0.3 is 15.0 Å². The van der Waals surface area contributed by atoms with Gasteiger partial charge in [0, 0.05) is 23.8 Å². The van der Waals surface area contributed by atoms with Crippen molar-refractivity contribution in [3.8, 4) is 0 Å². The molecule has 3 aromatic rings. The van der Waals surface area contributed by atoms with Gasteiger partial charge in [0.05, 0.1) is 25.8 Å². The summed E-state index contributed by atoms with van der Waals surface area (Å²) < 4.78 is 12.0. The Morgan fingerprint density at radius 3 is 2.81 bits per heavy atom. The highest BCUT2D eigenvalue weighted by atomic mass is 16.5. The first-order chi connectivity index (χ1) is 10.2.